The number of benzene rings is 1. The number of esters is 1. The first-order valence-electron chi connectivity index (χ1n) is 6.40. The summed E-state index contributed by atoms with van der Waals surface area (Å²) in [6, 6.07) is 7.34. The Labute approximate surface area is 120 Å². The van der Waals surface area contributed by atoms with Crippen LogP contribution in [0.25, 0.3) is 16.2 Å². The molecule has 0 radical (unpaired) electrons. The molecule has 3 aromatic rings. The fourth-order valence-electron chi connectivity index (χ4n) is 2.02. The molecule has 4 nitrogen and oxygen atoms in total. The molecule has 0 atom stereocenters. The lowest BCUT2D eigenvalue weighted by atomic mass is 10.1. The molecule has 0 bridgehead atoms. The molecule has 0 unspecified atom stereocenters. The minimum Gasteiger partial charge on any atom is -0.462 e. The van der Waals surface area contributed by atoms with Gasteiger partial charge >= 0.3 is 5.97 Å². The topological polar surface area (TPSA) is 43.6 Å². The van der Waals surface area contributed by atoms with Crippen molar-refractivity contribution in [1.82, 2.24) is 9.38 Å². The second-order valence-corrected chi connectivity index (χ2v) is 5.29. The Morgan fingerprint density at radius 2 is 2.10 bits per heavy atom. The van der Waals surface area contributed by atoms with E-state index < -0.39 is 0 Å². The molecule has 1 aromatic carbocycles. The average Bonchev–Trinajstić information content (AvgIpc) is 3.02. The Morgan fingerprint density at radius 3 is 2.75 bits per heavy atom. The summed E-state index contributed by atoms with van der Waals surface area (Å²) in [6.45, 7) is 4.24. The number of imidazole rings is 1. The van der Waals surface area contributed by atoms with E-state index in [-0.39, 0.29) is 5.97 Å². The number of aromatic nitrogens is 2. The minimum absolute atomic E-state index is 0.291. The molecule has 0 N–H and O–H groups in total. The van der Waals surface area contributed by atoms with Crippen LogP contribution in [0, 0.1) is 6.92 Å². The third-order valence-corrected chi connectivity index (χ3v) is 4.04. The van der Waals surface area contributed by atoms with Gasteiger partial charge in [-0.15, -0.1) is 11.3 Å². The number of nitrogens with zero attached hydrogens (tertiary/aromatic N) is 2. The Kier molecular flexibility index (Phi) is 3.28. The van der Waals surface area contributed by atoms with Gasteiger partial charge in [0.1, 0.15) is 0 Å². The van der Waals surface area contributed by atoms with Gasteiger partial charge in [0.15, 0.2) is 4.96 Å². The highest BCUT2D eigenvalue weighted by atomic mass is 32.1. The Bertz CT molecular complexity index is 756. The van der Waals surface area contributed by atoms with Crippen molar-refractivity contribution < 1.29 is 9.53 Å². The number of hydrogen-bond donors (Lipinski definition) is 0. The highest BCUT2D eigenvalue weighted by Gasteiger charge is 2.09. The molecule has 2 aromatic heterocycles. The van der Waals surface area contributed by atoms with Crippen LogP contribution in [0.2, 0.25) is 0 Å². The highest BCUT2D eigenvalue weighted by Crippen LogP contribution is 2.23. The second-order valence-electron chi connectivity index (χ2n) is 4.45. The van der Waals surface area contributed by atoms with Crippen molar-refractivity contribution in [2.45, 2.75) is 13.8 Å². The second kappa shape index (κ2) is 5.09. The molecule has 3 rings (SSSR count). The van der Waals surface area contributed by atoms with Crippen molar-refractivity contribution in [2.24, 2.45) is 0 Å². The summed E-state index contributed by atoms with van der Waals surface area (Å²) < 4.78 is 7.04. The lowest BCUT2D eigenvalue weighted by Gasteiger charge is -2.02. The molecular weight excluding hydrogens is 272 g/mol. The number of carbonyl (C=O) groups excluding carboxylic acids is 1. The fourth-order valence-corrected chi connectivity index (χ4v) is 2.88. The summed E-state index contributed by atoms with van der Waals surface area (Å²) in [7, 11) is 0. The van der Waals surface area contributed by atoms with Gasteiger partial charge in [-0.2, -0.15) is 0 Å². The zero-order valence-electron chi connectivity index (χ0n) is 11.3. The highest BCUT2D eigenvalue weighted by molar-refractivity contribution is 7.15. The normalized spacial score (nSPS) is 10.9. The Morgan fingerprint density at radius 1 is 1.35 bits per heavy atom. The number of aryl methyl sites for hydroxylation is 1. The number of ether oxygens (including phenoxy) is 1. The summed E-state index contributed by atoms with van der Waals surface area (Å²) in [4.78, 5) is 17.2. The van der Waals surface area contributed by atoms with Gasteiger partial charge in [0, 0.05) is 22.8 Å². The van der Waals surface area contributed by atoms with Crippen LogP contribution in [-0.2, 0) is 4.74 Å². The standard InChI is InChI=1S/C15H14N2O2S/c1-3-19-14(18)12-6-4-11(5-7-12)13-8-17-10(2)9-20-15(17)16-13/h4-9H,3H2,1-2H3. The molecule has 0 aliphatic heterocycles. The summed E-state index contributed by atoms with van der Waals surface area (Å²) in [5, 5.41) is 2.08. The van der Waals surface area contributed by atoms with Crippen molar-refractivity contribution in [3.05, 3.63) is 47.1 Å². The average molecular weight is 286 g/mol. The van der Waals surface area contributed by atoms with Gasteiger partial charge in [0.05, 0.1) is 17.9 Å². The van der Waals surface area contributed by atoms with Crippen LogP contribution in [0.4, 0.5) is 0 Å². The lowest BCUT2D eigenvalue weighted by Crippen LogP contribution is -2.03. The quantitative estimate of drug-likeness (QED) is 0.692. The summed E-state index contributed by atoms with van der Waals surface area (Å²) in [5.74, 6) is -0.291. The predicted molar refractivity (Wildman–Crippen MR) is 79.2 cm³/mol. The zero-order chi connectivity index (χ0) is 14.1. The smallest absolute Gasteiger partial charge is 0.338 e. The number of thiazole rings is 1. The molecule has 0 saturated carbocycles. The van der Waals surface area contributed by atoms with Crippen LogP contribution in [0.5, 0.6) is 0 Å². The fraction of sp³-hybridized carbons (Fsp3) is 0.200. The SMILES string of the molecule is CCOC(=O)c1ccc(-c2cn3c(C)csc3n2)cc1. The van der Waals surface area contributed by atoms with Crippen LogP contribution in [0.3, 0.4) is 0 Å². The first-order chi connectivity index (χ1) is 9.69. The summed E-state index contributed by atoms with van der Waals surface area (Å²) >= 11 is 1.62. The minimum atomic E-state index is -0.291. The van der Waals surface area contributed by atoms with Gasteiger partial charge < -0.3 is 4.74 Å². The molecule has 0 saturated heterocycles. The first-order valence-corrected chi connectivity index (χ1v) is 7.27. The molecule has 2 heterocycles. The van der Waals surface area contributed by atoms with E-state index in [1.807, 2.05) is 18.3 Å². The number of fused-ring (bicyclic) bond motifs is 1. The van der Waals surface area contributed by atoms with Crippen LogP contribution in [-0.4, -0.2) is 22.0 Å². The summed E-state index contributed by atoms with van der Waals surface area (Å²) in [5.41, 5.74) is 3.64. The maximum Gasteiger partial charge on any atom is 0.338 e. The maximum absolute atomic E-state index is 11.6. The molecular formula is C15H14N2O2S. The van der Waals surface area contributed by atoms with Crippen molar-refractivity contribution in [3.8, 4) is 11.3 Å². The van der Waals surface area contributed by atoms with Crippen molar-refractivity contribution >= 4 is 22.3 Å². The van der Waals surface area contributed by atoms with Crippen LogP contribution in [0.1, 0.15) is 23.0 Å². The van der Waals surface area contributed by atoms with Gasteiger partial charge in [0.25, 0.3) is 0 Å². The van der Waals surface area contributed by atoms with E-state index in [0.717, 1.165) is 16.2 Å². The van der Waals surface area contributed by atoms with Crippen LogP contribution >= 0.6 is 11.3 Å². The van der Waals surface area contributed by atoms with E-state index in [4.69, 9.17) is 4.74 Å². The largest absolute Gasteiger partial charge is 0.462 e. The van der Waals surface area contributed by atoms with Gasteiger partial charge in [-0.3, -0.25) is 4.40 Å². The lowest BCUT2D eigenvalue weighted by molar-refractivity contribution is 0.0526. The number of carbonyl (C=O) groups is 1. The molecule has 0 fully saturated rings. The predicted octanol–water partition coefficient (Wildman–Crippen LogP) is 3.55. The third kappa shape index (κ3) is 2.20. The molecule has 0 amide bonds. The van der Waals surface area contributed by atoms with E-state index in [1.165, 1.54) is 5.69 Å². The molecule has 20 heavy (non-hydrogen) atoms. The molecule has 0 aliphatic carbocycles. The van der Waals surface area contributed by atoms with Crippen LogP contribution in [0.15, 0.2) is 35.8 Å². The third-order valence-electron chi connectivity index (χ3n) is 3.08. The van der Waals surface area contributed by atoms with Gasteiger partial charge in [-0.05, 0) is 26.0 Å². The van der Waals surface area contributed by atoms with Crippen molar-refractivity contribution in [1.29, 1.82) is 0 Å². The van der Waals surface area contributed by atoms with Gasteiger partial charge in [-0.1, -0.05) is 12.1 Å². The van der Waals surface area contributed by atoms with Gasteiger partial charge in [-0.25, -0.2) is 9.78 Å². The molecule has 5 heteroatoms. The first kappa shape index (κ1) is 12.9. The molecule has 0 aliphatic rings. The van der Waals surface area contributed by atoms with E-state index in [9.17, 15) is 4.79 Å². The van der Waals surface area contributed by atoms with E-state index in [2.05, 4.69) is 21.7 Å². The van der Waals surface area contributed by atoms with E-state index >= 15 is 0 Å². The molecule has 102 valence electrons. The monoisotopic (exact) mass is 286 g/mol. The maximum atomic E-state index is 11.6. The van der Waals surface area contributed by atoms with Crippen LogP contribution < -0.4 is 0 Å². The van der Waals surface area contributed by atoms with Gasteiger partial charge in [0.2, 0.25) is 0 Å². The molecule has 0 spiro atoms. The van der Waals surface area contributed by atoms with Crippen molar-refractivity contribution in [2.75, 3.05) is 6.61 Å². The summed E-state index contributed by atoms with van der Waals surface area (Å²) in [6.07, 6.45) is 2.01. The van der Waals surface area contributed by atoms with E-state index in [0.29, 0.717) is 12.2 Å². The van der Waals surface area contributed by atoms with E-state index in [1.54, 1.807) is 30.4 Å². The number of hydrogen-bond acceptors (Lipinski definition) is 4. The Balaban J connectivity index is 1.92. The zero-order valence-corrected chi connectivity index (χ0v) is 12.1. The van der Waals surface area contributed by atoms with Crippen molar-refractivity contribution in [3.63, 3.8) is 0 Å². The number of rotatable bonds is 3. The Hall–Kier alpha value is -2.14.